The van der Waals surface area contributed by atoms with Gasteiger partial charge in [-0.2, -0.15) is 5.10 Å². The highest BCUT2D eigenvalue weighted by atomic mass is 32.2. The van der Waals surface area contributed by atoms with Crippen LogP contribution in [0.4, 0.5) is 0 Å². The highest BCUT2D eigenvalue weighted by molar-refractivity contribution is 7.91. The molecule has 0 spiro atoms. The first kappa shape index (κ1) is 15.5. The van der Waals surface area contributed by atoms with E-state index in [4.69, 9.17) is 0 Å². The Morgan fingerprint density at radius 3 is 2.65 bits per heavy atom. The second-order valence-corrected chi connectivity index (χ2v) is 8.06. The number of sulfone groups is 1. The highest BCUT2D eigenvalue weighted by Crippen LogP contribution is 2.19. The van der Waals surface area contributed by atoms with Crippen LogP contribution in [0.2, 0.25) is 0 Å². The maximum Gasteiger partial charge on any atom is 0.151 e. The zero-order chi connectivity index (χ0) is 14.8. The first-order valence-electron chi connectivity index (χ1n) is 7.39. The summed E-state index contributed by atoms with van der Waals surface area (Å²) in [4.78, 5) is 0. The third-order valence-electron chi connectivity index (χ3n) is 3.97. The van der Waals surface area contributed by atoms with E-state index in [1.165, 1.54) is 18.4 Å². The van der Waals surface area contributed by atoms with Crippen molar-refractivity contribution < 1.29 is 8.42 Å². The van der Waals surface area contributed by atoms with E-state index in [1.54, 1.807) is 6.92 Å². The van der Waals surface area contributed by atoms with Crippen LogP contribution in [-0.4, -0.2) is 42.3 Å². The van der Waals surface area contributed by atoms with Gasteiger partial charge in [0.2, 0.25) is 0 Å². The number of nitrogens with one attached hydrogen (secondary N) is 1. The van der Waals surface area contributed by atoms with Gasteiger partial charge in [0.25, 0.3) is 0 Å². The van der Waals surface area contributed by atoms with Gasteiger partial charge in [-0.05, 0) is 45.2 Å². The van der Waals surface area contributed by atoms with Crippen LogP contribution < -0.4 is 5.32 Å². The van der Waals surface area contributed by atoms with Crippen molar-refractivity contribution >= 4 is 9.84 Å². The smallest absolute Gasteiger partial charge is 0.151 e. The van der Waals surface area contributed by atoms with Crippen molar-refractivity contribution in [3.05, 3.63) is 17.0 Å². The molecule has 0 aliphatic heterocycles. The molecule has 1 heterocycles. The lowest BCUT2D eigenvalue weighted by atomic mass is 10.1. The van der Waals surface area contributed by atoms with Gasteiger partial charge in [-0.1, -0.05) is 6.92 Å². The van der Waals surface area contributed by atoms with E-state index in [-0.39, 0.29) is 11.5 Å². The Morgan fingerprint density at radius 2 is 2.05 bits per heavy atom. The molecule has 20 heavy (non-hydrogen) atoms. The van der Waals surface area contributed by atoms with E-state index in [0.717, 1.165) is 30.4 Å². The molecule has 1 fully saturated rings. The predicted molar refractivity (Wildman–Crippen MR) is 80.8 cm³/mol. The first-order chi connectivity index (χ1) is 9.43. The van der Waals surface area contributed by atoms with Crippen LogP contribution in [0.5, 0.6) is 0 Å². The minimum absolute atomic E-state index is 0.172. The van der Waals surface area contributed by atoms with Gasteiger partial charge in [0.15, 0.2) is 9.84 Å². The zero-order valence-electron chi connectivity index (χ0n) is 12.6. The van der Waals surface area contributed by atoms with Gasteiger partial charge in [-0.25, -0.2) is 8.42 Å². The summed E-state index contributed by atoms with van der Waals surface area (Å²) >= 11 is 0. The van der Waals surface area contributed by atoms with Crippen LogP contribution in [0.15, 0.2) is 0 Å². The molecule has 1 aliphatic rings. The van der Waals surface area contributed by atoms with Crippen molar-refractivity contribution in [2.24, 2.45) is 0 Å². The maximum absolute atomic E-state index is 11.6. The lowest BCUT2D eigenvalue weighted by molar-refractivity contribution is 0.577. The number of nitrogens with zero attached hydrogens (tertiary/aromatic N) is 2. The van der Waals surface area contributed by atoms with Crippen LogP contribution in [0.1, 0.15) is 36.7 Å². The SMILES string of the molecule is CCS(=O)(=O)CCn1nc(C)c(CCNC2CC2)c1C. The molecule has 0 bridgehead atoms. The minimum atomic E-state index is -2.93. The van der Waals surface area contributed by atoms with E-state index in [9.17, 15) is 8.42 Å². The summed E-state index contributed by atoms with van der Waals surface area (Å²) in [6, 6.07) is 0.723. The third-order valence-corrected chi connectivity index (χ3v) is 5.65. The van der Waals surface area contributed by atoms with Gasteiger partial charge >= 0.3 is 0 Å². The standard InChI is InChI=1S/C14H25N3O2S/c1-4-20(18,19)10-9-17-12(3)14(11(2)16-17)7-8-15-13-5-6-13/h13,15H,4-10H2,1-3H3. The second-order valence-electron chi connectivity index (χ2n) is 5.59. The number of hydrogen-bond acceptors (Lipinski definition) is 4. The van der Waals surface area contributed by atoms with Crippen molar-refractivity contribution in [1.29, 1.82) is 0 Å². The van der Waals surface area contributed by atoms with Gasteiger partial charge in [0.1, 0.15) is 0 Å². The fourth-order valence-electron chi connectivity index (χ4n) is 2.37. The molecule has 0 aromatic carbocycles. The Morgan fingerprint density at radius 1 is 1.35 bits per heavy atom. The molecule has 1 aromatic heterocycles. The van der Waals surface area contributed by atoms with Gasteiger partial charge < -0.3 is 5.32 Å². The number of aromatic nitrogens is 2. The minimum Gasteiger partial charge on any atom is -0.314 e. The normalized spacial score (nSPS) is 15.8. The number of hydrogen-bond donors (Lipinski definition) is 1. The summed E-state index contributed by atoms with van der Waals surface area (Å²) < 4.78 is 25.0. The Hall–Kier alpha value is -0.880. The van der Waals surface area contributed by atoms with Gasteiger partial charge in [0, 0.05) is 17.5 Å². The second kappa shape index (κ2) is 6.26. The molecule has 0 saturated heterocycles. The van der Waals surface area contributed by atoms with Crippen molar-refractivity contribution in [2.45, 2.75) is 52.6 Å². The molecule has 114 valence electrons. The third kappa shape index (κ3) is 4.06. The van der Waals surface area contributed by atoms with Crippen molar-refractivity contribution in [3.63, 3.8) is 0 Å². The lowest BCUT2D eigenvalue weighted by Crippen LogP contribution is -2.20. The average Bonchev–Trinajstić information content (AvgIpc) is 3.18. The summed E-state index contributed by atoms with van der Waals surface area (Å²) in [6.07, 6.45) is 3.56. The van der Waals surface area contributed by atoms with Crippen LogP contribution in [-0.2, 0) is 22.8 Å². The quantitative estimate of drug-likeness (QED) is 0.784. The van der Waals surface area contributed by atoms with Crippen LogP contribution >= 0.6 is 0 Å². The number of rotatable bonds is 8. The Balaban J connectivity index is 1.96. The van der Waals surface area contributed by atoms with Crippen molar-refractivity contribution in [2.75, 3.05) is 18.1 Å². The van der Waals surface area contributed by atoms with Crippen molar-refractivity contribution in [3.8, 4) is 0 Å². The van der Waals surface area contributed by atoms with E-state index in [0.29, 0.717) is 6.54 Å². The highest BCUT2D eigenvalue weighted by Gasteiger charge is 2.20. The van der Waals surface area contributed by atoms with E-state index < -0.39 is 9.84 Å². The van der Waals surface area contributed by atoms with Crippen LogP contribution in [0.3, 0.4) is 0 Å². The van der Waals surface area contributed by atoms with Gasteiger partial charge in [-0.3, -0.25) is 4.68 Å². The largest absolute Gasteiger partial charge is 0.314 e. The van der Waals surface area contributed by atoms with Crippen LogP contribution in [0, 0.1) is 13.8 Å². The number of aryl methyl sites for hydroxylation is 2. The average molecular weight is 299 g/mol. The van der Waals surface area contributed by atoms with Crippen molar-refractivity contribution in [1.82, 2.24) is 15.1 Å². The molecule has 0 atom stereocenters. The molecule has 2 rings (SSSR count). The van der Waals surface area contributed by atoms with E-state index >= 15 is 0 Å². The molecule has 0 unspecified atom stereocenters. The summed E-state index contributed by atoms with van der Waals surface area (Å²) in [5.74, 6) is 0.371. The van der Waals surface area contributed by atoms with E-state index in [1.807, 2.05) is 18.5 Å². The van der Waals surface area contributed by atoms with Gasteiger partial charge in [-0.15, -0.1) is 0 Å². The molecule has 1 saturated carbocycles. The van der Waals surface area contributed by atoms with Gasteiger partial charge in [0.05, 0.1) is 18.0 Å². The van der Waals surface area contributed by atoms with Crippen LogP contribution in [0.25, 0.3) is 0 Å². The first-order valence-corrected chi connectivity index (χ1v) is 9.21. The molecule has 5 nitrogen and oxygen atoms in total. The molecule has 0 radical (unpaired) electrons. The molecular formula is C14H25N3O2S. The molecule has 1 N–H and O–H groups in total. The lowest BCUT2D eigenvalue weighted by Gasteiger charge is -2.06. The maximum atomic E-state index is 11.6. The molecule has 1 aliphatic carbocycles. The Bertz CT molecular complexity index is 559. The molecular weight excluding hydrogens is 274 g/mol. The summed E-state index contributed by atoms with van der Waals surface area (Å²) in [6.45, 7) is 7.16. The predicted octanol–water partition coefficient (Wildman–Crippen LogP) is 1.23. The molecule has 6 heteroatoms. The molecule has 1 aromatic rings. The topological polar surface area (TPSA) is 64.0 Å². The summed E-state index contributed by atoms with van der Waals surface area (Å²) in [5.41, 5.74) is 3.38. The Kier molecular flexibility index (Phi) is 4.86. The fourth-order valence-corrected chi connectivity index (χ4v) is 3.11. The zero-order valence-corrected chi connectivity index (χ0v) is 13.5. The Labute approximate surface area is 121 Å². The fraction of sp³-hybridized carbons (Fsp3) is 0.786. The summed E-state index contributed by atoms with van der Waals surface area (Å²) in [5, 5.41) is 7.99. The van der Waals surface area contributed by atoms with E-state index in [2.05, 4.69) is 10.4 Å². The monoisotopic (exact) mass is 299 g/mol. The molecule has 0 amide bonds. The summed E-state index contributed by atoms with van der Waals surface area (Å²) in [7, 11) is -2.93.